The van der Waals surface area contributed by atoms with Gasteiger partial charge in [-0.3, -0.25) is 14.3 Å². The first kappa shape index (κ1) is 14.4. The summed E-state index contributed by atoms with van der Waals surface area (Å²) in [5, 5.41) is 8.35. The first-order chi connectivity index (χ1) is 10.5. The topological polar surface area (TPSA) is 65.6 Å². The Morgan fingerprint density at radius 2 is 2.14 bits per heavy atom. The van der Waals surface area contributed by atoms with Crippen molar-refractivity contribution in [3.63, 3.8) is 0 Å². The van der Waals surface area contributed by atoms with Crippen molar-refractivity contribution in [1.82, 2.24) is 24.5 Å². The molecule has 8 heteroatoms. The van der Waals surface area contributed by atoms with Crippen molar-refractivity contribution in [2.75, 3.05) is 0 Å². The average Bonchev–Trinajstić information content (AvgIpc) is 2.96. The normalized spacial score (nSPS) is 12.3. The molecule has 3 aromatic rings. The summed E-state index contributed by atoms with van der Waals surface area (Å²) in [6, 6.07) is 4.26. The monoisotopic (exact) mass is 319 g/mol. The molecule has 0 radical (unpaired) electrons. The minimum absolute atomic E-state index is 0.246. The Morgan fingerprint density at radius 3 is 2.86 bits per heavy atom. The van der Waals surface area contributed by atoms with Crippen molar-refractivity contribution >= 4 is 11.6 Å². The summed E-state index contributed by atoms with van der Waals surface area (Å²) in [5.41, 5.74) is 0.743. The van der Waals surface area contributed by atoms with E-state index < -0.39 is 12.0 Å². The number of pyridine rings is 2. The van der Waals surface area contributed by atoms with Crippen LogP contribution >= 0.6 is 11.6 Å². The Hall–Kier alpha value is -2.54. The summed E-state index contributed by atoms with van der Waals surface area (Å²) in [7, 11) is 0. The van der Waals surface area contributed by atoms with Crippen LogP contribution < -0.4 is 5.56 Å². The fourth-order valence-electron chi connectivity index (χ4n) is 2.05. The number of hydrogen-bond donors (Lipinski definition) is 0. The predicted octanol–water partition coefficient (Wildman–Crippen LogP) is 2.36. The highest BCUT2D eigenvalue weighted by Gasteiger charge is 2.12. The molecule has 1 atom stereocenters. The van der Waals surface area contributed by atoms with E-state index >= 15 is 0 Å². The van der Waals surface area contributed by atoms with E-state index in [1.54, 1.807) is 25.4 Å². The lowest BCUT2D eigenvalue weighted by Crippen LogP contribution is -2.26. The van der Waals surface area contributed by atoms with Gasteiger partial charge in [0, 0.05) is 29.0 Å². The fourth-order valence-corrected chi connectivity index (χ4v) is 2.19. The minimum Gasteiger partial charge on any atom is -0.293 e. The lowest BCUT2D eigenvalue weighted by molar-refractivity contribution is 0.405. The maximum Gasteiger partial charge on any atom is 0.253 e. The van der Waals surface area contributed by atoms with Crippen molar-refractivity contribution < 1.29 is 4.39 Å². The van der Waals surface area contributed by atoms with E-state index in [2.05, 4.69) is 15.3 Å². The SMILES string of the molecule is CC(n1cc(-c2cncc(F)c2)nn1)n1ccc(Cl)cc1=O. The molecule has 112 valence electrons. The van der Waals surface area contributed by atoms with Crippen LogP contribution in [0.5, 0.6) is 0 Å². The minimum atomic E-state index is -0.450. The number of nitrogens with zero attached hydrogens (tertiary/aromatic N) is 5. The van der Waals surface area contributed by atoms with E-state index in [0.29, 0.717) is 16.3 Å². The predicted molar refractivity (Wildman–Crippen MR) is 79.0 cm³/mol. The first-order valence-electron chi connectivity index (χ1n) is 6.45. The van der Waals surface area contributed by atoms with Crippen molar-refractivity contribution in [1.29, 1.82) is 0 Å². The van der Waals surface area contributed by atoms with Crippen LogP contribution in [0.3, 0.4) is 0 Å². The standard InChI is InChI=1S/C14H11ClFN5O/c1-9(20-3-2-11(15)5-14(20)22)21-8-13(18-19-21)10-4-12(16)7-17-6-10/h2-9H,1H3. The second kappa shape index (κ2) is 5.69. The third-order valence-corrected chi connectivity index (χ3v) is 3.44. The average molecular weight is 320 g/mol. The smallest absolute Gasteiger partial charge is 0.253 e. The van der Waals surface area contributed by atoms with Gasteiger partial charge in [0.2, 0.25) is 0 Å². The van der Waals surface area contributed by atoms with Gasteiger partial charge in [-0.15, -0.1) is 5.10 Å². The summed E-state index contributed by atoms with van der Waals surface area (Å²) in [6.07, 6.45) is 5.43. The molecule has 6 nitrogen and oxygen atoms in total. The molecule has 3 heterocycles. The van der Waals surface area contributed by atoms with Gasteiger partial charge in [0.1, 0.15) is 17.7 Å². The van der Waals surface area contributed by atoms with Gasteiger partial charge >= 0.3 is 0 Å². The van der Waals surface area contributed by atoms with Crippen LogP contribution in [-0.2, 0) is 0 Å². The van der Waals surface area contributed by atoms with Gasteiger partial charge in [-0.2, -0.15) is 0 Å². The van der Waals surface area contributed by atoms with Gasteiger partial charge < -0.3 is 0 Å². The number of hydrogen-bond acceptors (Lipinski definition) is 4. The van der Waals surface area contributed by atoms with Crippen LogP contribution in [0, 0.1) is 5.82 Å². The zero-order chi connectivity index (χ0) is 15.7. The van der Waals surface area contributed by atoms with E-state index in [4.69, 9.17) is 11.6 Å². The molecule has 22 heavy (non-hydrogen) atoms. The van der Waals surface area contributed by atoms with Crippen LogP contribution in [0.4, 0.5) is 4.39 Å². The molecule has 0 saturated carbocycles. The van der Waals surface area contributed by atoms with Gasteiger partial charge in [0.15, 0.2) is 0 Å². The molecule has 0 amide bonds. The molecule has 3 rings (SSSR count). The second-order valence-electron chi connectivity index (χ2n) is 4.70. The van der Waals surface area contributed by atoms with Crippen LogP contribution in [0.1, 0.15) is 13.1 Å². The molecular weight excluding hydrogens is 309 g/mol. The summed E-state index contributed by atoms with van der Waals surface area (Å²) in [6.45, 7) is 1.79. The lowest BCUT2D eigenvalue weighted by atomic mass is 10.2. The van der Waals surface area contributed by atoms with Crippen molar-refractivity contribution in [2.45, 2.75) is 13.1 Å². The Balaban J connectivity index is 1.95. The van der Waals surface area contributed by atoms with Crippen molar-refractivity contribution in [3.05, 3.63) is 64.2 Å². The Morgan fingerprint density at radius 1 is 1.32 bits per heavy atom. The highest BCUT2D eigenvalue weighted by molar-refractivity contribution is 6.30. The Labute approximate surface area is 129 Å². The van der Waals surface area contributed by atoms with E-state index in [9.17, 15) is 9.18 Å². The van der Waals surface area contributed by atoms with Gasteiger partial charge in [0.25, 0.3) is 5.56 Å². The maximum atomic E-state index is 13.2. The maximum absolute atomic E-state index is 13.2. The van der Waals surface area contributed by atoms with E-state index in [0.717, 1.165) is 6.20 Å². The van der Waals surface area contributed by atoms with Crippen LogP contribution in [0.2, 0.25) is 5.02 Å². The zero-order valence-corrected chi connectivity index (χ0v) is 12.3. The number of aromatic nitrogens is 5. The van der Waals surface area contributed by atoms with Crippen LogP contribution in [0.15, 0.2) is 47.8 Å². The third-order valence-electron chi connectivity index (χ3n) is 3.21. The van der Waals surface area contributed by atoms with Gasteiger partial charge in [-0.25, -0.2) is 9.07 Å². The van der Waals surface area contributed by atoms with E-state index in [1.807, 2.05) is 0 Å². The van der Waals surface area contributed by atoms with E-state index in [-0.39, 0.29) is 5.56 Å². The van der Waals surface area contributed by atoms with Crippen molar-refractivity contribution in [2.24, 2.45) is 0 Å². The van der Waals surface area contributed by atoms with E-state index in [1.165, 1.54) is 27.6 Å². The van der Waals surface area contributed by atoms with Crippen molar-refractivity contribution in [3.8, 4) is 11.3 Å². The van der Waals surface area contributed by atoms with Gasteiger partial charge in [-0.1, -0.05) is 16.8 Å². The first-order valence-corrected chi connectivity index (χ1v) is 6.83. The summed E-state index contributed by atoms with van der Waals surface area (Å²) < 4.78 is 16.2. The van der Waals surface area contributed by atoms with Crippen LogP contribution in [0.25, 0.3) is 11.3 Å². The van der Waals surface area contributed by atoms with Gasteiger partial charge in [-0.05, 0) is 19.1 Å². The number of rotatable bonds is 3. The molecule has 3 aromatic heterocycles. The lowest BCUT2D eigenvalue weighted by Gasteiger charge is -2.14. The Kier molecular flexibility index (Phi) is 3.72. The van der Waals surface area contributed by atoms with Crippen LogP contribution in [-0.4, -0.2) is 24.5 Å². The molecule has 0 aliphatic carbocycles. The molecule has 0 aromatic carbocycles. The Bertz CT molecular complexity index is 875. The quantitative estimate of drug-likeness (QED) is 0.743. The largest absolute Gasteiger partial charge is 0.293 e. The van der Waals surface area contributed by atoms with Gasteiger partial charge in [0.05, 0.1) is 12.4 Å². The summed E-state index contributed by atoms with van der Waals surface area (Å²) in [5.74, 6) is -0.450. The fraction of sp³-hybridized carbons (Fsp3) is 0.143. The highest BCUT2D eigenvalue weighted by Crippen LogP contribution is 2.17. The number of halogens is 2. The molecule has 0 spiro atoms. The molecule has 0 N–H and O–H groups in total. The molecule has 1 unspecified atom stereocenters. The highest BCUT2D eigenvalue weighted by atomic mass is 35.5. The second-order valence-corrected chi connectivity index (χ2v) is 5.13. The molecule has 0 fully saturated rings. The molecular formula is C14H11ClFN5O. The third kappa shape index (κ3) is 2.75. The summed E-state index contributed by atoms with van der Waals surface area (Å²) >= 11 is 5.78. The summed E-state index contributed by atoms with van der Waals surface area (Å²) in [4.78, 5) is 15.7. The molecule has 0 bridgehead atoms. The zero-order valence-electron chi connectivity index (χ0n) is 11.5. The molecule has 0 saturated heterocycles. The molecule has 0 aliphatic heterocycles. The molecule has 0 aliphatic rings.